The van der Waals surface area contributed by atoms with Gasteiger partial charge in [0.05, 0.1) is 24.0 Å². The number of methoxy groups -OCH3 is 1. The third kappa shape index (κ3) is 5.28. The van der Waals surface area contributed by atoms with Crippen molar-refractivity contribution in [2.24, 2.45) is 0 Å². The molecule has 0 radical (unpaired) electrons. The van der Waals surface area contributed by atoms with Gasteiger partial charge in [-0.2, -0.15) is 5.26 Å². The van der Waals surface area contributed by atoms with Gasteiger partial charge < -0.3 is 9.47 Å². The van der Waals surface area contributed by atoms with Crippen LogP contribution in [0.1, 0.15) is 43.0 Å². The molecule has 0 saturated heterocycles. The lowest BCUT2D eigenvalue weighted by molar-refractivity contribution is 0.216. The van der Waals surface area contributed by atoms with E-state index < -0.39 is 10.0 Å². The van der Waals surface area contributed by atoms with Gasteiger partial charge in [0.25, 0.3) is 0 Å². The average Bonchev–Trinajstić information content (AvgIpc) is 3.45. The van der Waals surface area contributed by atoms with Gasteiger partial charge in [-0.15, -0.1) is 10.2 Å². The summed E-state index contributed by atoms with van der Waals surface area (Å²) in [4.78, 5) is 0. The molecule has 4 rings (SSSR count). The second-order valence-electron chi connectivity index (χ2n) is 8.30. The summed E-state index contributed by atoms with van der Waals surface area (Å²) >= 11 is 1.44. The monoisotopic (exact) mass is 498 g/mol. The zero-order valence-electron chi connectivity index (χ0n) is 19.2. The summed E-state index contributed by atoms with van der Waals surface area (Å²) in [6.45, 7) is 3.99. The lowest BCUT2D eigenvalue weighted by Crippen LogP contribution is -2.31. The molecule has 0 fully saturated rings. The highest BCUT2D eigenvalue weighted by molar-refractivity contribution is 7.89. The Bertz CT molecular complexity index is 1330. The van der Waals surface area contributed by atoms with E-state index in [1.165, 1.54) is 18.4 Å². The van der Waals surface area contributed by atoms with Crippen LogP contribution in [0.4, 0.5) is 0 Å². The molecule has 1 aliphatic rings. The largest absolute Gasteiger partial charge is 0.490 e. The number of ether oxygens (including phenoxy) is 2. The van der Waals surface area contributed by atoms with Crippen molar-refractivity contribution >= 4 is 21.4 Å². The van der Waals surface area contributed by atoms with Gasteiger partial charge in [-0.25, -0.2) is 13.1 Å². The zero-order chi connectivity index (χ0) is 24.3. The predicted molar refractivity (Wildman–Crippen MR) is 131 cm³/mol. The number of nitriles is 1. The summed E-state index contributed by atoms with van der Waals surface area (Å²) in [5, 5.41) is 19.8. The highest BCUT2D eigenvalue weighted by Crippen LogP contribution is 2.40. The Morgan fingerprint density at radius 2 is 2.03 bits per heavy atom. The van der Waals surface area contributed by atoms with Gasteiger partial charge in [0, 0.05) is 24.3 Å². The minimum Gasteiger partial charge on any atom is -0.490 e. The van der Waals surface area contributed by atoms with Crippen LogP contribution in [0.2, 0.25) is 0 Å². The zero-order valence-corrected chi connectivity index (χ0v) is 20.9. The molecule has 0 aliphatic heterocycles. The lowest BCUT2D eigenvalue weighted by Gasteiger charge is -2.14. The van der Waals surface area contributed by atoms with Gasteiger partial charge in [-0.05, 0) is 56.0 Å². The molecular formula is C24H26N4O4S2. The topological polar surface area (TPSA) is 114 Å². The number of aromatic nitrogens is 2. The second kappa shape index (κ2) is 10.2. The molecule has 34 heavy (non-hydrogen) atoms. The quantitative estimate of drug-likeness (QED) is 0.473. The summed E-state index contributed by atoms with van der Waals surface area (Å²) in [5.41, 5.74) is 4.26. The number of nitrogens with zero attached hydrogens (tertiary/aromatic N) is 3. The van der Waals surface area contributed by atoms with E-state index in [1.54, 1.807) is 12.1 Å². The summed E-state index contributed by atoms with van der Waals surface area (Å²) in [7, 11) is -1.95. The van der Waals surface area contributed by atoms with Crippen LogP contribution in [-0.4, -0.2) is 44.2 Å². The van der Waals surface area contributed by atoms with E-state index in [-0.39, 0.29) is 24.5 Å². The highest BCUT2D eigenvalue weighted by atomic mass is 32.2. The van der Waals surface area contributed by atoms with Crippen LogP contribution in [0.3, 0.4) is 0 Å². The average molecular weight is 499 g/mol. The number of hydrogen-bond acceptors (Lipinski definition) is 8. The van der Waals surface area contributed by atoms with Crippen LogP contribution in [0.5, 0.6) is 5.75 Å². The lowest BCUT2D eigenvalue weighted by atomic mass is 10.0. The van der Waals surface area contributed by atoms with Gasteiger partial charge in [-0.3, -0.25) is 0 Å². The Morgan fingerprint density at radius 1 is 1.24 bits per heavy atom. The molecule has 10 heteroatoms. The summed E-state index contributed by atoms with van der Waals surface area (Å²) in [5.74, 6) is 0.478. The number of sulfonamides is 1. The summed E-state index contributed by atoms with van der Waals surface area (Å²) in [6.07, 6.45) is 1.41. The van der Waals surface area contributed by atoms with Gasteiger partial charge in [0.2, 0.25) is 10.0 Å². The molecule has 1 aliphatic carbocycles. The molecule has 0 spiro atoms. The van der Waals surface area contributed by atoms with E-state index in [0.717, 1.165) is 33.7 Å². The molecule has 1 heterocycles. The van der Waals surface area contributed by atoms with Crippen LogP contribution in [0.15, 0.2) is 36.4 Å². The molecule has 178 valence electrons. The van der Waals surface area contributed by atoms with Crippen molar-refractivity contribution in [3.63, 3.8) is 0 Å². The van der Waals surface area contributed by atoms with E-state index in [0.29, 0.717) is 22.7 Å². The molecule has 2 aromatic carbocycles. The van der Waals surface area contributed by atoms with Crippen molar-refractivity contribution in [1.82, 2.24) is 14.9 Å². The minimum absolute atomic E-state index is 0.0282. The van der Waals surface area contributed by atoms with Crippen molar-refractivity contribution in [2.45, 2.75) is 38.8 Å². The first-order chi connectivity index (χ1) is 16.3. The molecule has 0 bridgehead atoms. The third-order valence-electron chi connectivity index (χ3n) is 5.51. The highest BCUT2D eigenvalue weighted by Gasteiger charge is 2.29. The van der Waals surface area contributed by atoms with Crippen LogP contribution in [0, 0.1) is 11.3 Å². The van der Waals surface area contributed by atoms with Crippen LogP contribution in [0.25, 0.3) is 21.1 Å². The third-order valence-corrected chi connectivity index (χ3v) is 7.87. The van der Waals surface area contributed by atoms with E-state index in [9.17, 15) is 13.7 Å². The molecule has 1 N–H and O–H groups in total. The first-order valence-electron chi connectivity index (χ1n) is 11.0. The molecule has 1 aromatic heterocycles. The normalized spacial score (nSPS) is 15.3. The van der Waals surface area contributed by atoms with Gasteiger partial charge in [0.15, 0.2) is 0 Å². The first-order valence-corrected chi connectivity index (χ1v) is 13.4. The fourth-order valence-corrected chi connectivity index (χ4v) is 6.08. The number of rotatable bonds is 9. The van der Waals surface area contributed by atoms with Gasteiger partial charge >= 0.3 is 0 Å². The fourth-order valence-electron chi connectivity index (χ4n) is 4.00. The van der Waals surface area contributed by atoms with Gasteiger partial charge in [-0.1, -0.05) is 29.5 Å². The maximum Gasteiger partial charge on any atom is 0.214 e. The SMILES string of the molecule is COCCS(=O)(=O)NC1CCc2c(-c3nnc(-c4ccc(OC(C)C)c(C#N)c4)s3)cccc21. The summed E-state index contributed by atoms with van der Waals surface area (Å²) < 4.78 is 38.1. The number of hydrogen-bond donors (Lipinski definition) is 1. The van der Waals surface area contributed by atoms with E-state index >= 15 is 0 Å². The smallest absolute Gasteiger partial charge is 0.214 e. The Morgan fingerprint density at radius 3 is 2.76 bits per heavy atom. The van der Waals surface area contributed by atoms with Crippen molar-refractivity contribution in [2.75, 3.05) is 19.5 Å². The molecule has 1 atom stereocenters. The van der Waals surface area contributed by atoms with Crippen LogP contribution < -0.4 is 9.46 Å². The van der Waals surface area contributed by atoms with Gasteiger partial charge in [0.1, 0.15) is 21.8 Å². The van der Waals surface area contributed by atoms with E-state index in [2.05, 4.69) is 21.0 Å². The van der Waals surface area contributed by atoms with Crippen molar-refractivity contribution < 1.29 is 17.9 Å². The predicted octanol–water partition coefficient (Wildman–Crippen LogP) is 4.08. The second-order valence-corrected chi connectivity index (χ2v) is 11.1. The van der Waals surface area contributed by atoms with Crippen LogP contribution in [-0.2, 0) is 21.2 Å². The van der Waals surface area contributed by atoms with Crippen molar-refractivity contribution in [3.05, 3.63) is 53.1 Å². The Hall–Kier alpha value is -2.84. The molecule has 0 amide bonds. The van der Waals surface area contributed by atoms with Crippen molar-refractivity contribution in [1.29, 1.82) is 5.26 Å². The molecule has 0 saturated carbocycles. The molecule has 8 nitrogen and oxygen atoms in total. The number of fused-ring (bicyclic) bond motifs is 1. The number of benzene rings is 2. The van der Waals surface area contributed by atoms with Crippen molar-refractivity contribution in [3.8, 4) is 33.0 Å². The summed E-state index contributed by atoms with van der Waals surface area (Å²) in [6, 6.07) is 13.2. The Labute approximate surface area is 203 Å². The maximum absolute atomic E-state index is 12.4. The van der Waals surface area contributed by atoms with Crippen LogP contribution >= 0.6 is 11.3 Å². The minimum atomic E-state index is -3.43. The first kappa shape index (κ1) is 24.3. The number of nitrogens with one attached hydrogen (secondary N) is 1. The molecule has 3 aromatic rings. The maximum atomic E-state index is 12.4. The standard InChI is InChI=1S/C24H26N4O4S2/c1-15(2)32-22-10-7-16(13-17(22)14-25)23-26-27-24(33-23)20-6-4-5-19-18(20)8-9-21(19)28-34(29,30)12-11-31-3/h4-7,10,13,15,21,28H,8-9,11-12H2,1-3H3. The Kier molecular flexibility index (Phi) is 7.28. The fraction of sp³-hybridized carbons (Fsp3) is 0.375. The molecular weight excluding hydrogens is 472 g/mol. The van der Waals surface area contributed by atoms with E-state index in [4.69, 9.17) is 9.47 Å². The van der Waals surface area contributed by atoms with E-state index in [1.807, 2.05) is 38.1 Å². The Balaban J connectivity index is 1.60. The molecule has 1 unspecified atom stereocenters.